The Hall–Kier alpha value is -1.35. The van der Waals surface area contributed by atoms with Crippen molar-refractivity contribution in [2.24, 2.45) is 5.73 Å². The summed E-state index contributed by atoms with van der Waals surface area (Å²) in [4.78, 5) is 0. The summed E-state index contributed by atoms with van der Waals surface area (Å²) >= 11 is 0. The highest BCUT2D eigenvalue weighted by Crippen LogP contribution is 2.09. The van der Waals surface area contributed by atoms with Crippen LogP contribution in [0, 0.1) is 0 Å². The summed E-state index contributed by atoms with van der Waals surface area (Å²) < 4.78 is 1.67. The van der Waals surface area contributed by atoms with E-state index < -0.39 is 0 Å². The van der Waals surface area contributed by atoms with Crippen molar-refractivity contribution in [2.45, 2.75) is 6.67 Å². The van der Waals surface area contributed by atoms with Gasteiger partial charge in [0.2, 0.25) is 0 Å². The maximum absolute atomic E-state index is 5.41. The molecule has 1 heterocycles. The highest BCUT2D eigenvalue weighted by molar-refractivity contribution is 5.59. The van der Waals surface area contributed by atoms with E-state index in [0.717, 1.165) is 11.3 Å². The number of hydrogen-bond acceptors (Lipinski definition) is 2. The number of rotatable bonds is 3. The Morgan fingerprint density at radius 1 is 1.55 bits per heavy atom. The van der Waals surface area contributed by atoms with Gasteiger partial charge in [0.15, 0.2) is 0 Å². The van der Waals surface area contributed by atoms with Crippen molar-refractivity contribution in [3.8, 4) is 0 Å². The van der Waals surface area contributed by atoms with Crippen molar-refractivity contribution in [3.05, 3.63) is 30.6 Å². The quantitative estimate of drug-likeness (QED) is 0.699. The lowest BCUT2D eigenvalue weighted by Gasteiger charge is -1.98. The number of nitrogens with zero attached hydrogens (tertiary/aromatic N) is 2. The van der Waals surface area contributed by atoms with E-state index in [1.165, 1.54) is 0 Å². The second-order valence-corrected chi connectivity index (χ2v) is 2.08. The molecule has 1 aromatic heterocycles. The van der Waals surface area contributed by atoms with Crippen LogP contribution in [0.5, 0.6) is 0 Å². The van der Waals surface area contributed by atoms with E-state index in [2.05, 4.69) is 18.3 Å². The van der Waals surface area contributed by atoms with Crippen LogP contribution in [0.25, 0.3) is 12.2 Å². The average Bonchev–Trinajstić information content (AvgIpc) is 2.45. The van der Waals surface area contributed by atoms with Crippen LogP contribution in [0.4, 0.5) is 0 Å². The molecule has 0 fully saturated rings. The van der Waals surface area contributed by atoms with E-state index in [1.54, 1.807) is 23.0 Å². The van der Waals surface area contributed by atoms with E-state index in [-0.39, 0.29) is 0 Å². The van der Waals surface area contributed by atoms with Crippen molar-refractivity contribution in [2.75, 3.05) is 0 Å². The molecular weight excluding hydrogens is 138 g/mol. The van der Waals surface area contributed by atoms with E-state index >= 15 is 0 Å². The topological polar surface area (TPSA) is 43.8 Å². The van der Waals surface area contributed by atoms with E-state index in [0.29, 0.717) is 6.67 Å². The molecule has 0 unspecified atom stereocenters. The van der Waals surface area contributed by atoms with Crippen LogP contribution in [0.3, 0.4) is 0 Å². The zero-order valence-electron chi connectivity index (χ0n) is 6.33. The minimum absolute atomic E-state index is 0.370. The minimum Gasteiger partial charge on any atom is -0.312 e. The molecule has 11 heavy (non-hydrogen) atoms. The highest BCUT2D eigenvalue weighted by atomic mass is 15.3. The summed E-state index contributed by atoms with van der Waals surface area (Å²) in [5.74, 6) is 0. The number of nitrogens with two attached hydrogens (primary N) is 1. The molecule has 0 saturated heterocycles. The van der Waals surface area contributed by atoms with Crippen molar-refractivity contribution < 1.29 is 0 Å². The molecule has 0 radical (unpaired) electrons. The zero-order valence-corrected chi connectivity index (χ0v) is 6.33. The number of aromatic nitrogens is 2. The molecule has 0 aromatic carbocycles. The molecule has 0 aliphatic rings. The van der Waals surface area contributed by atoms with Crippen molar-refractivity contribution >= 4 is 12.2 Å². The third-order valence-electron chi connectivity index (χ3n) is 1.50. The molecule has 0 atom stereocenters. The third-order valence-corrected chi connectivity index (χ3v) is 1.50. The molecule has 0 spiro atoms. The fourth-order valence-corrected chi connectivity index (χ4v) is 0.935. The molecule has 1 rings (SSSR count). The Balaban J connectivity index is 3.18. The summed E-state index contributed by atoms with van der Waals surface area (Å²) in [6.45, 7) is 7.67. The molecule has 0 aliphatic heterocycles. The minimum atomic E-state index is 0.370. The largest absolute Gasteiger partial charge is 0.312 e. The fourth-order valence-electron chi connectivity index (χ4n) is 0.935. The second kappa shape index (κ2) is 3.16. The maximum Gasteiger partial charge on any atom is 0.0886 e. The molecule has 0 amide bonds. The Bertz CT molecular complexity index is 273. The normalized spacial score (nSPS) is 9.55. The first-order chi connectivity index (χ1) is 5.33. The van der Waals surface area contributed by atoms with Crippen LogP contribution in [0.2, 0.25) is 0 Å². The van der Waals surface area contributed by atoms with Gasteiger partial charge < -0.3 is 5.73 Å². The van der Waals surface area contributed by atoms with Crippen molar-refractivity contribution in [3.63, 3.8) is 0 Å². The van der Waals surface area contributed by atoms with Gasteiger partial charge in [-0.15, -0.1) is 0 Å². The molecule has 58 valence electrons. The molecule has 2 N–H and O–H groups in total. The van der Waals surface area contributed by atoms with E-state index in [4.69, 9.17) is 5.73 Å². The van der Waals surface area contributed by atoms with Crippen molar-refractivity contribution in [1.29, 1.82) is 0 Å². The lowest BCUT2D eigenvalue weighted by Crippen LogP contribution is -2.09. The molecule has 0 saturated carbocycles. The predicted octanol–water partition coefficient (Wildman–Crippen LogP) is 1.09. The summed E-state index contributed by atoms with van der Waals surface area (Å²) in [5, 5.41) is 4.03. The highest BCUT2D eigenvalue weighted by Gasteiger charge is 2.01. The monoisotopic (exact) mass is 149 g/mol. The molecule has 3 heteroatoms. The smallest absolute Gasteiger partial charge is 0.0886 e. The molecule has 3 nitrogen and oxygen atoms in total. The zero-order chi connectivity index (χ0) is 8.27. The van der Waals surface area contributed by atoms with Crippen LogP contribution in [-0.4, -0.2) is 9.78 Å². The van der Waals surface area contributed by atoms with E-state index in [1.807, 2.05) is 0 Å². The molecule has 0 aliphatic carbocycles. The third kappa shape index (κ3) is 1.23. The first kappa shape index (κ1) is 7.75. The van der Waals surface area contributed by atoms with Gasteiger partial charge >= 0.3 is 0 Å². The van der Waals surface area contributed by atoms with Crippen LogP contribution in [-0.2, 0) is 6.67 Å². The Morgan fingerprint density at radius 2 is 2.27 bits per heavy atom. The summed E-state index contributed by atoms with van der Waals surface area (Å²) in [5.41, 5.74) is 7.29. The van der Waals surface area contributed by atoms with Gasteiger partial charge in [-0.25, -0.2) is 0 Å². The molecular formula is C8H11N3. The Kier molecular flexibility index (Phi) is 2.23. The van der Waals surface area contributed by atoms with Gasteiger partial charge in [-0.1, -0.05) is 19.2 Å². The lowest BCUT2D eigenvalue weighted by molar-refractivity contribution is 0.633. The van der Waals surface area contributed by atoms with Gasteiger partial charge in [0.1, 0.15) is 0 Å². The predicted molar refractivity (Wildman–Crippen MR) is 46.6 cm³/mol. The van der Waals surface area contributed by atoms with Gasteiger partial charge in [0.25, 0.3) is 0 Å². The van der Waals surface area contributed by atoms with Crippen LogP contribution < -0.4 is 5.73 Å². The van der Waals surface area contributed by atoms with Gasteiger partial charge in [0.05, 0.1) is 18.6 Å². The first-order valence-electron chi connectivity index (χ1n) is 3.34. The molecule has 1 aromatic rings. The standard InChI is InChI=1S/C8H11N3/c1-3-7-5-10-11(6-9)8(7)4-2/h3-5H,1-2,6,9H2. The van der Waals surface area contributed by atoms with Gasteiger partial charge in [0, 0.05) is 5.56 Å². The maximum atomic E-state index is 5.41. The first-order valence-corrected chi connectivity index (χ1v) is 3.34. The van der Waals surface area contributed by atoms with Crippen LogP contribution in [0.15, 0.2) is 19.4 Å². The second-order valence-electron chi connectivity index (χ2n) is 2.08. The SMILES string of the molecule is C=Cc1cnn(CN)c1C=C. The summed E-state index contributed by atoms with van der Waals surface area (Å²) in [6, 6.07) is 0. The van der Waals surface area contributed by atoms with E-state index in [9.17, 15) is 0 Å². The van der Waals surface area contributed by atoms with Gasteiger partial charge in [-0.05, 0) is 6.08 Å². The van der Waals surface area contributed by atoms with Crippen molar-refractivity contribution in [1.82, 2.24) is 9.78 Å². The van der Waals surface area contributed by atoms with Crippen LogP contribution in [0.1, 0.15) is 11.3 Å². The summed E-state index contributed by atoms with van der Waals surface area (Å²) in [6.07, 6.45) is 5.17. The van der Waals surface area contributed by atoms with Gasteiger partial charge in [-0.2, -0.15) is 5.10 Å². The Morgan fingerprint density at radius 3 is 2.73 bits per heavy atom. The van der Waals surface area contributed by atoms with Crippen LogP contribution >= 0.6 is 0 Å². The average molecular weight is 149 g/mol. The fraction of sp³-hybridized carbons (Fsp3) is 0.125. The molecule has 0 bridgehead atoms. The Labute approximate surface area is 65.8 Å². The lowest BCUT2D eigenvalue weighted by atomic mass is 10.2. The number of hydrogen-bond donors (Lipinski definition) is 1. The van der Waals surface area contributed by atoms with Gasteiger partial charge in [-0.3, -0.25) is 4.68 Å². The summed E-state index contributed by atoms with van der Waals surface area (Å²) in [7, 11) is 0.